The van der Waals surface area contributed by atoms with Gasteiger partial charge in [0.05, 0.1) is 31.5 Å². The van der Waals surface area contributed by atoms with Gasteiger partial charge in [-0.15, -0.1) is 0 Å². The average Bonchev–Trinajstić information content (AvgIpc) is 2.68. The number of hydrazone groups is 1. The smallest absolute Gasteiger partial charge is 0.259 e. The number of para-hydroxylation sites is 1. The van der Waals surface area contributed by atoms with Crippen molar-refractivity contribution in [3.8, 4) is 11.5 Å². The lowest BCUT2D eigenvalue weighted by Gasteiger charge is -2.30. The molecule has 0 saturated carbocycles. The van der Waals surface area contributed by atoms with Gasteiger partial charge in [0.25, 0.3) is 5.91 Å². The summed E-state index contributed by atoms with van der Waals surface area (Å²) in [7, 11) is 1.54. The number of nitrogens with zero attached hydrogens (tertiary/aromatic N) is 2. The molecule has 0 unspecified atom stereocenters. The molecule has 7 heteroatoms. The predicted molar refractivity (Wildman–Crippen MR) is 112 cm³/mol. The van der Waals surface area contributed by atoms with Crippen molar-refractivity contribution < 1.29 is 14.3 Å². The van der Waals surface area contributed by atoms with Crippen molar-refractivity contribution in [2.75, 3.05) is 31.7 Å². The summed E-state index contributed by atoms with van der Waals surface area (Å²) in [6.45, 7) is 3.50. The van der Waals surface area contributed by atoms with Gasteiger partial charge in [0, 0.05) is 12.2 Å². The summed E-state index contributed by atoms with van der Waals surface area (Å²) >= 11 is 6.23. The summed E-state index contributed by atoms with van der Waals surface area (Å²) in [5, 5.41) is 4.48. The van der Waals surface area contributed by atoms with Crippen molar-refractivity contribution in [3.05, 3.63) is 52.5 Å². The van der Waals surface area contributed by atoms with E-state index in [1.54, 1.807) is 12.1 Å². The van der Waals surface area contributed by atoms with Crippen molar-refractivity contribution >= 4 is 29.4 Å². The number of ether oxygens (including phenoxy) is 2. The quantitative estimate of drug-likeness (QED) is 0.568. The third-order valence-corrected chi connectivity index (χ3v) is 4.76. The summed E-state index contributed by atoms with van der Waals surface area (Å²) in [6.07, 6.45) is 3.63. The van der Waals surface area contributed by atoms with Gasteiger partial charge in [-0.2, -0.15) is 5.10 Å². The highest BCUT2D eigenvalue weighted by Crippen LogP contribution is 2.35. The molecule has 0 aliphatic carbocycles. The summed E-state index contributed by atoms with van der Waals surface area (Å²) in [4.78, 5) is 14.4. The Kier molecular flexibility index (Phi) is 6.76. The number of aryl methyl sites for hydroxylation is 1. The molecule has 0 atom stereocenters. The van der Waals surface area contributed by atoms with Crippen LogP contribution in [0.4, 0.5) is 5.69 Å². The standard InChI is InChI=1S/C21H24ClN3O3/c1-3-28-19-12-15(11-17(22)21(19)27-2)13-23-24-20(26)14-25-10-6-8-16-7-4-5-9-18(16)25/h4-5,7,9,11-13H,3,6,8,10,14H2,1-2H3,(H,24,26)/b23-13-. The van der Waals surface area contributed by atoms with Crippen LogP contribution in [0.5, 0.6) is 11.5 Å². The van der Waals surface area contributed by atoms with E-state index in [1.165, 1.54) is 18.9 Å². The van der Waals surface area contributed by atoms with Gasteiger partial charge in [0.2, 0.25) is 0 Å². The number of carbonyl (C=O) groups is 1. The van der Waals surface area contributed by atoms with Crippen LogP contribution in [-0.2, 0) is 11.2 Å². The van der Waals surface area contributed by atoms with E-state index in [9.17, 15) is 4.79 Å². The first-order valence-corrected chi connectivity index (χ1v) is 9.65. The molecule has 148 valence electrons. The molecular weight excluding hydrogens is 378 g/mol. The number of halogens is 1. The number of rotatable bonds is 7. The second-order valence-corrected chi connectivity index (χ2v) is 6.82. The SMILES string of the molecule is CCOc1cc(/C=N\NC(=O)CN2CCCc3ccccc32)cc(Cl)c1OC. The first-order chi connectivity index (χ1) is 13.6. The molecule has 2 aromatic carbocycles. The second-order valence-electron chi connectivity index (χ2n) is 6.41. The van der Waals surface area contributed by atoms with Gasteiger partial charge in [0.1, 0.15) is 0 Å². The molecule has 0 fully saturated rings. The minimum absolute atomic E-state index is 0.169. The normalized spacial score (nSPS) is 13.3. The number of nitrogens with one attached hydrogen (secondary N) is 1. The minimum atomic E-state index is -0.169. The van der Waals surface area contributed by atoms with E-state index >= 15 is 0 Å². The maximum absolute atomic E-state index is 12.3. The molecule has 28 heavy (non-hydrogen) atoms. The fraction of sp³-hybridized carbons (Fsp3) is 0.333. The molecule has 0 spiro atoms. The van der Waals surface area contributed by atoms with E-state index in [0.29, 0.717) is 28.7 Å². The fourth-order valence-corrected chi connectivity index (χ4v) is 3.58. The Balaban J connectivity index is 1.63. The first-order valence-electron chi connectivity index (χ1n) is 9.27. The van der Waals surface area contributed by atoms with Crippen molar-refractivity contribution in [1.29, 1.82) is 0 Å². The van der Waals surface area contributed by atoms with Gasteiger partial charge in [-0.3, -0.25) is 4.79 Å². The van der Waals surface area contributed by atoms with Crippen LogP contribution >= 0.6 is 11.6 Å². The Morgan fingerprint density at radius 2 is 2.18 bits per heavy atom. The Bertz CT molecular complexity index is 870. The number of carbonyl (C=O) groups excluding carboxylic acids is 1. The summed E-state index contributed by atoms with van der Waals surface area (Å²) in [5.41, 5.74) is 5.69. The number of hydrogen-bond acceptors (Lipinski definition) is 5. The van der Waals surface area contributed by atoms with Gasteiger partial charge < -0.3 is 14.4 Å². The average molecular weight is 402 g/mol. The van der Waals surface area contributed by atoms with Gasteiger partial charge in [-0.1, -0.05) is 29.8 Å². The Labute approximate surface area is 170 Å². The summed E-state index contributed by atoms with van der Waals surface area (Å²) in [6, 6.07) is 11.7. The first kappa shape index (κ1) is 20.0. The van der Waals surface area contributed by atoms with Crippen LogP contribution in [0.1, 0.15) is 24.5 Å². The molecule has 6 nitrogen and oxygen atoms in total. The Morgan fingerprint density at radius 3 is 2.96 bits per heavy atom. The number of anilines is 1. The van der Waals surface area contributed by atoms with Crippen LogP contribution in [0.15, 0.2) is 41.5 Å². The molecular formula is C21H24ClN3O3. The van der Waals surface area contributed by atoms with Gasteiger partial charge in [0.15, 0.2) is 11.5 Å². The zero-order valence-electron chi connectivity index (χ0n) is 16.1. The second kappa shape index (κ2) is 9.46. The molecule has 0 saturated heterocycles. The maximum atomic E-state index is 12.3. The molecule has 1 heterocycles. The third kappa shape index (κ3) is 4.75. The maximum Gasteiger partial charge on any atom is 0.259 e. The molecule has 2 aromatic rings. The fourth-order valence-electron chi connectivity index (χ4n) is 3.29. The molecule has 1 aliphatic heterocycles. The van der Waals surface area contributed by atoms with Crippen molar-refractivity contribution in [3.63, 3.8) is 0 Å². The minimum Gasteiger partial charge on any atom is -0.491 e. The number of hydrogen-bond donors (Lipinski definition) is 1. The van der Waals surface area contributed by atoms with Crippen molar-refractivity contribution in [2.24, 2.45) is 5.10 Å². The topological polar surface area (TPSA) is 63.2 Å². The van der Waals surface area contributed by atoms with Crippen molar-refractivity contribution in [2.45, 2.75) is 19.8 Å². The lowest BCUT2D eigenvalue weighted by molar-refractivity contribution is -0.119. The molecule has 1 amide bonds. The Hall–Kier alpha value is -2.73. The number of benzene rings is 2. The van der Waals surface area contributed by atoms with E-state index in [4.69, 9.17) is 21.1 Å². The molecule has 0 bridgehead atoms. The van der Waals surface area contributed by atoms with Gasteiger partial charge in [-0.25, -0.2) is 5.43 Å². The molecule has 1 N–H and O–H groups in total. The highest BCUT2D eigenvalue weighted by molar-refractivity contribution is 6.32. The highest BCUT2D eigenvalue weighted by Gasteiger charge is 2.18. The van der Waals surface area contributed by atoms with E-state index in [1.807, 2.05) is 19.1 Å². The van der Waals surface area contributed by atoms with Crippen LogP contribution in [0.2, 0.25) is 5.02 Å². The van der Waals surface area contributed by atoms with Crippen molar-refractivity contribution in [1.82, 2.24) is 5.43 Å². The lowest BCUT2D eigenvalue weighted by atomic mass is 10.0. The number of methoxy groups -OCH3 is 1. The molecule has 3 rings (SSSR count). The van der Waals surface area contributed by atoms with Crippen LogP contribution in [-0.4, -0.2) is 38.9 Å². The third-order valence-electron chi connectivity index (χ3n) is 4.48. The van der Waals surface area contributed by atoms with Crippen LogP contribution in [0, 0.1) is 0 Å². The van der Waals surface area contributed by atoms with Crippen LogP contribution in [0.3, 0.4) is 0 Å². The zero-order chi connectivity index (χ0) is 19.9. The van der Waals surface area contributed by atoms with Crippen LogP contribution < -0.4 is 19.8 Å². The number of fused-ring (bicyclic) bond motifs is 1. The largest absolute Gasteiger partial charge is 0.491 e. The molecule has 0 aromatic heterocycles. The summed E-state index contributed by atoms with van der Waals surface area (Å²) < 4.78 is 10.8. The predicted octanol–water partition coefficient (Wildman–Crippen LogP) is 3.65. The van der Waals surface area contributed by atoms with Crippen LogP contribution in [0.25, 0.3) is 0 Å². The van der Waals surface area contributed by atoms with E-state index < -0.39 is 0 Å². The lowest BCUT2D eigenvalue weighted by Crippen LogP contribution is -2.38. The van der Waals surface area contributed by atoms with E-state index in [-0.39, 0.29) is 12.5 Å². The molecule has 0 radical (unpaired) electrons. The highest BCUT2D eigenvalue weighted by atomic mass is 35.5. The molecule has 1 aliphatic rings. The monoisotopic (exact) mass is 401 g/mol. The number of amides is 1. The van der Waals surface area contributed by atoms with Gasteiger partial charge in [-0.05, 0) is 49.1 Å². The van der Waals surface area contributed by atoms with Gasteiger partial charge >= 0.3 is 0 Å². The van der Waals surface area contributed by atoms with E-state index in [2.05, 4.69) is 27.6 Å². The zero-order valence-corrected chi connectivity index (χ0v) is 16.8. The van der Waals surface area contributed by atoms with E-state index in [0.717, 1.165) is 25.1 Å². The summed E-state index contributed by atoms with van der Waals surface area (Å²) in [5.74, 6) is 0.848. The Morgan fingerprint density at radius 1 is 1.36 bits per heavy atom.